The summed E-state index contributed by atoms with van der Waals surface area (Å²) in [6.07, 6.45) is 0.0745. The number of aliphatic hydroxyl groups is 1. The minimum absolute atomic E-state index is 0.0811. The average molecular weight is 179 g/mol. The van der Waals surface area contributed by atoms with Gasteiger partial charge in [0.1, 0.15) is 12.4 Å². The van der Waals surface area contributed by atoms with Gasteiger partial charge in [0.25, 0.3) is 0 Å². The van der Waals surface area contributed by atoms with Gasteiger partial charge in [-0.2, -0.15) is 0 Å². The smallest absolute Gasteiger partial charge is 0.125 e. The van der Waals surface area contributed by atoms with E-state index >= 15 is 0 Å². The van der Waals surface area contributed by atoms with E-state index in [1.165, 1.54) is 0 Å². The molecule has 0 saturated carbocycles. The van der Waals surface area contributed by atoms with Crippen LogP contribution in [-0.2, 0) is 0 Å². The van der Waals surface area contributed by atoms with Crippen LogP contribution in [0.15, 0.2) is 24.3 Å². The fourth-order valence-electron chi connectivity index (χ4n) is 1.57. The number of fused-ring (bicyclic) bond motifs is 1. The average Bonchev–Trinajstić information content (AvgIpc) is 2.27. The molecular formula is C10H13NO2. The summed E-state index contributed by atoms with van der Waals surface area (Å²) in [4.78, 5) is 0. The first-order chi connectivity index (χ1) is 6.27. The molecule has 0 bridgehead atoms. The van der Waals surface area contributed by atoms with Crippen LogP contribution in [0.2, 0.25) is 0 Å². The van der Waals surface area contributed by atoms with Gasteiger partial charge in [-0.15, -0.1) is 0 Å². The molecule has 0 aliphatic carbocycles. The van der Waals surface area contributed by atoms with Gasteiger partial charge in [0.15, 0.2) is 0 Å². The summed E-state index contributed by atoms with van der Waals surface area (Å²) >= 11 is 0. The Kier molecular flexibility index (Phi) is 2.20. The molecule has 3 heteroatoms. The minimum atomic E-state index is -0.492. The van der Waals surface area contributed by atoms with E-state index in [4.69, 9.17) is 10.5 Å². The SMILES string of the molecule is N[C@H]1COc2ccccc2[C@@H](O)C1. The number of ether oxygens (including phenoxy) is 1. The number of hydrogen-bond acceptors (Lipinski definition) is 3. The van der Waals surface area contributed by atoms with Crippen molar-refractivity contribution < 1.29 is 9.84 Å². The Morgan fingerprint density at radius 2 is 2.15 bits per heavy atom. The Balaban J connectivity index is 2.35. The maximum Gasteiger partial charge on any atom is 0.125 e. The first kappa shape index (κ1) is 8.53. The van der Waals surface area contributed by atoms with Crippen LogP contribution in [-0.4, -0.2) is 17.8 Å². The highest BCUT2D eigenvalue weighted by molar-refractivity contribution is 5.35. The second-order valence-electron chi connectivity index (χ2n) is 3.36. The second-order valence-corrected chi connectivity index (χ2v) is 3.36. The normalized spacial score (nSPS) is 27.2. The molecule has 0 unspecified atom stereocenters. The number of hydrogen-bond donors (Lipinski definition) is 2. The summed E-state index contributed by atoms with van der Waals surface area (Å²) in [6, 6.07) is 7.43. The molecule has 3 N–H and O–H groups in total. The summed E-state index contributed by atoms with van der Waals surface area (Å²) in [5, 5.41) is 9.75. The lowest BCUT2D eigenvalue weighted by atomic mass is 10.0. The summed E-state index contributed by atoms with van der Waals surface area (Å²) in [5.41, 5.74) is 6.56. The fourth-order valence-corrected chi connectivity index (χ4v) is 1.57. The largest absolute Gasteiger partial charge is 0.492 e. The van der Waals surface area contributed by atoms with Crippen molar-refractivity contribution in [2.24, 2.45) is 5.73 Å². The summed E-state index contributed by atoms with van der Waals surface area (Å²) in [5.74, 6) is 0.753. The van der Waals surface area contributed by atoms with Crippen LogP contribution in [0.5, 0.6) is 5.75 Å². The van der Waals surface area contributed by atoms with Crippen LogP contribution >= 0.6 is 0 Å². The first-order valence-electron chi connectivity index (χ1n) is 4.43. The zero-order valence-corrected chi connectivity index (χ0v) is 7.31. The molecule has 1 aliphatic rings. The third-order valence-corrected chi connectivity index (χ3v) is 2.26. The van der Waals surface area contributed by atoms with E-state index in [-0.39, 0.29) is 6.04 Å². The highest BCUT2D eigenvalue weighted by Crippen LogP contribution is 2.30. The molecule has 13 heavy (non-hydrogen) atoms. The molecule has 1 aliphatic heterocycles. The molecule has 0 saturated heterocycles. The summed E-state index contributed by atoms with van der Waals surface area (Å²) in [7, 11) is 0. The van der Waals surface area contributed by atoms with Gasteiger partial charge in [0.05, 0.1) is 6.10 Å². The molecule has 0 spiro atoms. The predicted octanol–water partition coefficient (Wildman–Crippen LogP) is 0.830. The quantitative estimate of drug-likeness (QED) is 0.620. The molecular weight excluding hydrogens is 166 g/mol. The van der Waals surface area contributed by atoms with Crippen LogP contribution in [0, 0.1) is 0 Å². The van der Waals surface area contributed by atoms with Gasteiger partial charge in [-0.1, -0.05) is 18.2 Å². The zero-order chi connectivity index (χ0) is 9.26. The predicted molar refractivity (Wildman–Crippen MR) is 49.5 cm³/mol. The van der Waals surface area contributed by atoms with Crippen LogP contribution < -0.4 is 10.5 Å². The maximum absolute atomic E-state index is 9.75. The molecule has 70 valence electrons. The van der Waals surface area contributed by atoms with Crippen molar-refractivity contribution in [2.75, 3.05) is 6.61 Å². The number of para-hydroxylation sites is 1. The van der Waals surface area contributed by atoms with Crippen molar-refractivity contribution in [2.45, 2.75) is 18.6 Å². The number of benzene rings is 1. The highest BCUT2D eigenvalue weighted by Gasteiger charge is 2.20. The topological polar surface area (TPSA) is 55.5 Å². The van der Waals surface area contributed by atoms with Crippen molar-refractivity contribution in [1.82, 2.24) is 0 Å². The van der Waals surface area contributed by atoms with Crippen LogP contribution in [0.25, 0.3) is 0 Å². The van der Waals surface area contributed by atoms with E-state index in [1.54, 1.807) is 0 Å². The van der Waals surface area contributed by atoms with Crippen molar-refractivity contribution in [3.63, 3.8) is 0 Å². The molecule has 0 amide bonds. The molecule has 1 aromatic carbocycles. The second kappa shape index (κ2) is 3.36. The van der Waals surface area contributed by atoms with Crippen molar-refractivity contribution >= 4 is 0 Å². The molecule has 1 heterocycles. The molecule has 3 nitrogen and oxygen atoms in total. The summed E-state index contributed by atoms with van der Waals surface area (Å²) in [6.45, 7) is 0.480. The van der Waals surface area contributed by atoms with Gasteiger partial charge in [-0.05, 0) is 12.5 Å². The third-order valence-electron chi connectivity index (χ3n) is 2.26. The Hall–Kier alpha value is -1.06. The van der Waals surface area contributed by atoms with Crippen LogP contribution in [0.3, 0.4) is 0 Å². The van der Waals surface area contributed by atoms with Crippen molar-refractivity contribution in [3.8, 4) is 5.75 Å². The van der Waals surface area contributed by atoms with Gasteiger partial charge < -0.3 is 15.6 Å². The fraction of sp³-hybridized carbons (Fsp3) is 0.400. The first-order valence-corrected chi connectivity index (χ1v) is 4.43. The Morgan fingerprint density at radius 3 is 3.00 bits per heavy atom. The lowest BCUT2D eigenvalue weighted by molar-refractivity contribution is 0.159. The van der Waals surface area contributed by atoms with Gasteiger partial charge in [-0.25, -0.2) is 0 Å². The molecule has 0 aromatic heterocycles. The van der Waals surface area contributed by atoms with Crippen molar-refractivity contribution in [3.05, 3.63) is 29.8 Å². The van der Waals surface area contributed by atoms with Gasteiger partial charge in [0.2, 0.25) is 0 Å². The molecule has 2 rings (SSSR count). The van der Waals surface area contributed by atoms with E-state index in [1.807, 2.05) is 24.3 Å². The van der Waals surface area contributed by atoms with E-state index in [9.17, 15) is 5.11 Å². The van der Waals surface area contributed by atoms with Gasteiger partial charge in [0, 0.05) is 11.6 Å². The Bertz CT molecular complexity index is 301. The lowest BCUT2D eigenvalue weighted by Crippen LogP contribution is -2.27. The van der Waals surface area contributed by atoms with Gasteiger partial charge >= 0.3 is 0 Å². The van der Waals surface area contributed by atoms with Gasteiger partial charge in [-0.3, -0.25) is 0 Å². The Labute approximate surface area is 77.1 Å². The highest BCUT2D eigenvalue weighted by atomic mass is 16.5. The number of aliphatic hydroxyl groups excluding tert-OH is 1. The molecule has 2 atom stereocenters. The Morgan fingerprint density at radius 1 is 1.38 bits per heavy atom. The van der Waals surface area contributed by atoms with Crippen LogP contribution in [0.4, 0.5) is 0 Å². The minimum Gasteiger partial charge on any atom is -0.492 e. The standard InChI is InChI=1S/C10H13NO2/c11-7-5-9(12)8-3-1-2-4-10(8)13-6-7/h1-4,7,9,12H,5-6,11H2/t7-,9+/m1/s1. The van der Waals surface area contributed by atoms with E-state index in [2.05, 4.69) is 0 Å². The maximum atomic E-state index is 9.75. The monoisotopic (exact) mass is 179 g/mol. The van der Waals surface area contributed by atoms with Crippen LogP contribution in [0.1, 0.15) is 18.1 Å². The zero-order valence-electron chi connectivity index (χ0n) is 7.31. The van der Waals surface area contributed by atoms with E-state index < -0.39 is 6.10 Å². The number of nitrogens with two attached hydrogens (primary N) is 1. The van der Waals surface area contributed by atoms with E-state index in [0.717, 1.165) is 11.3 Å². The van der Waals surface area contributed by atoms with E-state index in [0.29, 0.717) is 13.0 Å². The van der Waals surface area contributed by atoms with Crippen molar-refractivity contribution in [1.29, 1.82) is 0 Å². The lowest BCUT2D eigenvalue weighted by Gasteiger charge is -2.10. The molecule has 1 aromatic rings. The number of rotatable bonds is 0. The third kappa shape index (κ3) is 1.66. The molecule has 0 radical (unpaired) electrons. The summed E-state index contributed by atoms with van der Waals surface area (Å²) < 4.78 is 5.45. The molecule has 0 fully saturated rings.